The fourth-order valence-corrected chi connectivity index (χ4v) is 0.902. The van der Waals surface area contributed by atoms with Crippen LogP contribution in [0.1, 0.15) is 5.69 Å². The number of aryl methyl sites for hydroxylation is 1. The van der Waals surface area contributed by atoms with Crippen LogP contribution in [0.3, 0.4) is 0 Å². The lowest BCUT2D eigenvalue weighted by atomic mass is 10.4. The highest BCUT2D eigenvalue weighted by atomic mass is 16.5. The number of ether oxygens (including phenoxy) is 1. The molecule has 1 aromatic rings. The van der Waals surface area contributed by atoms with Gasteiger partial charge in [-0.1, -0.05) is 0 Å². The molecular formula is C8H12N4O2. The molecule has 76 valence electrons. The zero-order valence-electron chi connectivity index (χ0n) is 7.86. The number of nitrogens with one attached hydrogen (secondary N) is 1. The van der Waals surface area contributed by atoms with Gasteiger partial charge >= 0.3 is 6.09 Å². The van der Waals surface area contributed by atoms with Crippen LogP contribution in [0, 0.1) is 6.92 Å². The minimum absolute atomic E-state index is 0.214. The van der Waals surface area contributed by atoms with E-state index in [1.54, 1.807) is 12.4 Å². The zero-order valence-corrected chi connectivity index (χ0v) is 7.86. The molecule has 0 unspecified atom stereocenters. The summed E-state index contributed by atoms with van der Waals surface area (Å²) in [4.78, 5) is 18.3. The summed E-state index contributed by atoms with van der Waals surface area (Å²) in [7, 11) is 0. The number of primary amides is 1. The molecule has 0 spiro atoms. The SMILES string of the molecule is Cc1nccnc1NCCOC(N)=O. The summed E-state index contributed by atoms with van der Waals surface area (Å²) >= 11 is 0. The maximum atomic E-state index is 10.2. The first-order chi connectivity index (χ1) is 6.70. The minimum atomic E-state index is -0.775. The zero-order chi connectivity index (χ0) is 10.4. The predicted octanol–water partition coefficient (Wildman–Crippen LogP) is 0.292. The molecule has 0 aliphatic rings. The van der Waals surface area contributed by atoms with Gasteiger partial charge in [0.25, 0.3) is 0 Å². The third-order valence-corrected chi connectivity index (χ3v) is 1.52. The van der Waals surface area contributed by atoms with E-state index in [0.29, 0.717) is 12.4 Å². The molecule has 0 saturated carbocycles. The van der Waals surface area contributed by atoms with Gasteiger partial charge < -0.3 is 15.8 Å². The Morgan fingerprint density at radius 2 is 2.29 bits per heavy atom. The van der Waals surface area contributed by atoms with E-state index < -0.39 is 6.09 Å². The van der Waals surface area contributed by atoms with Crippen LogP contribution >= 0.6 is 0 Å². The molecule has 0 aliphatic carbocycles. The largest absolute Gasteiger partial charge is 0.448 e. The molecule has 0 radical (unpaired) electrons. The van der Waals surface area contributed by atoms with Crippen molar-refractivity contribution in [3.8, 4) is 0 Å². The molecule has 0 aromatic carbocycles. The second-order valence-electron chi connectivity index (χ2n) is 2.58. The second-order valence-corrected chi connectivity index (χ2v) is 2.58. The van der Waals surface area contributed by atoms with Crippen LogP contribution in [0.5, 0.6) is 0 Å². The highest BCUT2D eigenvalue weighted by molar-refractivity contribution is 5.64. The van der Waals surface area contributed by atoms with Crippen LogP contribution in [-0.4, -0.2) is 29.2 Å². The van der Waals surface area contributed by atoms with E-state index in [-0.39, 0.29) is 6.61 Å². The van der Waals surface area contributed by atoms with Crippen molar-refractivity contribution in [2.45, 2.75) is 6.92 Å². The van der Waals surface area contributed by atoms with Gasteiger partial charge in [0.1, 0.15) is 12.4 Å². The van der Waals surface area contributed by atoms with Crippen molar-refractivity contribution in [3.63, 3.8) is 0 Å². The number of carbonyl (C=O) groups excluding carboxylic acids is 1. The molecule has 6 nitrogen and oxygen atoms in total. The van der Waals surface area contributed by atoms with Gasteiger partial charge in [-0.05, 0) is 6.92 Å². The summed E-state index contributed by atoms with van der Waals surface area (Å²) < 4.78 is 4.53. The molecule has 0 fully saturated rings. The van der Waals surface area contributed by atoms with Crippen molar-refractivity contribution in [2.24, 2.45) is 5.73 Å². The fourth-order valence-electron chi connectivity index (χ4n) is 0.902. The molecule has 1 aromatic heterocycles. The van der Waals surface area contributed by atoms with Gasteiger partial charge in [0.05, 0.1) is 12.2 Å². The van der Waals surface area contributed by atoms with Crippen molar-refractivity contribution in [2.75, 3.05) is 18.5 Å². The summed E-state index contributed by atoms with van der Waals surface area (Å²) in [5.41, 5.74) is 5.58. The van der Waals surface area contributed by atoms with Gasteiger partial charge in [0.15, 0.2) is 0 Å². The fraction of sp³-hybridized carbons (Fsp3) is 0.375. The van der Waals surface area contributed by atoms with E-state index in [4.69, 9.17) is 5.73 Å². The van der Waals surface area contributed by atoms with Crippen LogP contribution in [0.2, 0.25) is 0 Å². The Bertz CT molecular complexity index is 316. The number of rotatable bonds is 4. The van der Waals surface area contributed by atoms with Gasteiger partial charge in [0, 0.05) is 12.4 Å². The predicted molar refractivity (Wildman–Crippen MR) is 50.8 cm³/mol. The smallest absolute Gasteiger partial charge is 0.404 e. The van der Waals surface area contributed by atoms with E-state index in [1.807, 2.05) is 6.92 Å². The molecule has 1 rings (SSSR count). The average Bonchev–Trinajstić information content (AvgIpc) is 2.15. The number of nitrogens with zero attached hydrogens (tertiary/aromatic N) is 2. The molecule has 1 amide bonds. The lowest BCUT2D eigenvalue weighted by molar-refractivity contribution is 0.161. The number of aromatic nitrogens is 2. The third-order valence-electron chi connectivity index (χ3n) is 1.52. The van der Waals surface area contributed by atoms with Gasteiger partial charge in [0.2, 0.25) is 0 Å². The Balaban J connectivity index is 2.31. The number of hydrogen-bond acceptors (Lipinski definition) is 5. The van der Waals surface area contributed by atoms with E-state index in [9.17, 15) is 4.79 Å². The third kappa shape index (κ3) is 3.26. The van der Waals surface area contributed by atoms with Gasteiger partial charge in [-0.15, -0.1) is 0 Å². The van der Waals surface area contributed by atoms with E-state index >= 15 is 0 Å². The Labute approximate surface area is 81.5 Å². The minimum Gasteiger partial charge on any atom is -0.448 e. The number of anilines is 1. The van der Waals surface area contributed by atoms with E-state index in [0.717, 1.165) is 5.69 Å². The number of nitrogens with two attached hydrogens (primary N) is 1. The lowest BCUT2D eigenvalue weighted by Gasteiger charge is -2.06. The molecule has 1 heterocycles. The molecule has 0 bridgehead atoms. The Morgan fingerprint density at radius 1 is 1.57 bits per heavy atom. The number of hydrogen-bond donors (Lipinski definition) is 2. The normalized spacial score (nSPS) is 9.50. The first-order valence-corrected chi connectivity index (χ1v) is 4.14. The Morgan fingerprint density at radius 3 is 2.93 bits per heavy atom. The Kier molecular flexibility index (Phi) is 3.66. The van der Waals surface area contributed by atoms with E-state index in [2.05, 4.69) is 20.0 Å². The molecule has 3 N–H and O–H groups in total. The van der Waals surface area contributed by atoms with Gasteiger partial charge in [-0.3, -0.25) is 4.98 Å². The molecule has 14 heavy (non-hydrogen) atoms. The van der Waals surface area contributed by atoms with E-state index in [1.165, 1.54) is 0 Å². The second kappa shape index (κ2) is 5.00. The summed E-state index contributed by atoms with van der Waals surface area (Å²) in [6.45, 7) is 2.51. The monoisotopic (exact) mass is 196 g/mol. The van der Waals surface area contributed by atoms with Crippen molar-refractivity contribution in [1.29, 1.82) is 0 Å². The van der Waals surface area contributed by atoms with Crippen molar-refractivity contribution in [1.82, 2.24) is 9.97 Å². The number of carbonyl (C=O) groups is 1. The average molecular weight is 196 g/mol. The first kappa shape index (κ1) is 10.2. The molecule has 6 heteroatoms. The highest BCUT2D eigenvalue weighted by Crippen LogP contribution is 2.04. The lowest BCUT2D eigenvalue weighted by Crippen LogP contribution is -2.19. The standard InChI is InChI=1S/C8H12N4O2/c1-6-7(11-3-2-10-6)12-4-5-14-8(9)13/h2-3H,4-5H2,1H3,(H2,9,13)(H,11,12). The maximum Gasteiger partial charge on any atom is 0.404 e. The summed E-state index contributed by atoms with van der Waals surface area (Å²) in [6, 6.07) is 0. The van der Waals surface area contributed by atoms with Gasteiger partial charge in [-0.2, -0.15) is 0 Å². The highest BCUT2D eigenvalue weighted by Gasteiger charge is 1.98. The van der Waals surface area contributed by atoms with Crippen molar-refractivity contribution >= 4 is 11.9 Å². The van der Waals surface area contributed by atoms with Crippen LogP contribution in [0.25, 0.3) is 0 Å². The first-order valence-electron chi connectivity index (χ1n) is 4.14. The van der Waals surface area contributed by atoms with Crippen molar-refractivity contribution < 1.29 is 9.53 Å². The maximum absolute atomic E-state index is 10.2. The van der Waals surface area contributed by atoms with Crippen LogP contribution in [0.15, 0.2) is 12.4 Å². The summed E-state index contributed by atoms with van der Waals surface area (Å²) in [5.74, 6) is 0.681. The van der Waals surface area contributed by atoms with Crippen LogP contribution in [-0.2, 0) is 4.74 Å². The van der Waals surface area contributed by atoms with Crippen LogP contribution in [0.4, 0.5) is 10.6 Å². The quantitative estimate of drug-likeness (QED) is 0.675. The van der Waals surface area contributed by atoms with Crippen LogP contribution < -0.4 is 11.1 Å². The number of amides is 1. The van der Waals surface area contributed by atoms with Crippen molar-refractivity contribution in [3.05, 3.63) is 18.1 Å². The molecule has 0 atom stereocenters. The molecule has 0 saturated heterocycles. The molecule has 0 aliphatic heterocycles. The molecular weight excluding hydrogens is 184 g/mol. The van der Waals surface area contributed by atoms with Gasteiger partial charge in [-0.25, -0.2) is 9.78 Å². The summed E-state index contributed by atoms with van der Waals surface area (Å²) in [6.07, 6.45) is 2.42. The topological polar surface area (TPSA) is 90.1 Å². The Hall–Kier alpha value is -1.85. The summed E-state index contributed by atoms with van der Waals surface area (Å²) in [5, 5.41) is 2.96.